The highest BCUT2D eigenvalue weighted by Crippen LogP contribution is 2.43. The molecule has 4 heteroatoms. The number of Topliss-reactive ketones (excluding diaryl/α,β-unsaturated/α-hetero) is 1. The van der Waals surface area contributed by atoms with Gasteiger partial charge in [-0.25, -0.2) is 8.78 Å². The highest BCUT2D eigenvalue weighted by atomic mass is 19.1. The SMILES string of the molecule is CC(C)C(=O)C12CC(F)CN1CC(F)C2. The number of alkyl halides is 2. The zero-order valence-electron chi connectivity index (χ0n) is 9.17. The molecule has 0 aromatic carbocycles. The van der Waals surface area contributed by atoms with Crippen LogP contribution in [0, 0.1) is 5.92 Å². The van der Waals surface area contributed by atoms with Crippen molar-refractivity contribution in [3.05, 3.63) is 0 Å². The van der Waals surface area contributed by atoms with E-state index in [0.717, 1.165) is 0 Å². The Hall–Kier alpha value is -0.510. The Bertz CT molecular complexity index is 266. The fraction of sp³-hybridized carbons (Fsp3) is 0.909. The van der Waals surface area contributed by atoms with E-state index in [9.17, 15) is 13.6 Å². The predicted octanol–water partition coefficient (Wildman–Crippen LogP) is 1.74. The van der Waals surface area contributed by atoms with Gasteiger partial charge in [0.15, 0.2) is 5.78 Å². The maximum Gasteiger partial charge on any atom is 0.155 e. The molecule has 2 heterocycles. The Labute approximate surface area is 88.6 Å². The molecule has 2 aliphatic rings. The molecule has 0 bridgehead atoms. The molecule has 2 rings (SSSR count). The number of carbonyl (C=O) groups excluding carboxylic acids is 1. The summed E-state index contributed by atoms with van der Waals surface area (Å²) in [5.41, 5.74) is -0.826. The van der Waals surface area contributed by atoms with Gasteiger partial charge in [0.1, 0.15) is 12.3 Å². The lowest BCUT2D eigenvalue weighted by Crippen LogP contribution is -2.47. The maximum absolute atomic E-state index is 13.3. The summed E-state index contributed by atoms with van der Waals surface area (Å²) in [6, 6.07) is 0. The summed E-state index contributed by atoms with van der Waals surface area (Å²) in [4.78, 5) is 13.8. The molecule has 2 nitrogen and oxygen atoms in total. The van der Waals surface area contributed by atoms with E-state index < -0.39 is 17.9 Å². The molecule has 2 aliphatic heterocycles. The van der Waals surface area contributed by atoms with Crippen LogP contribution in [0.15, 0.2) is 0 Å². The van der Waals surface area contributed by atoms with Gasteiger partial charge in [-0.05, 0) is 0 Å². The molecule has 0 aliphatic carbocycles. The molecule has 2 saturated heterocycles. The normalized spacial score (nSPS) is 41.1. The molecule has 0 amide bonds. The Balaban J connectivity index is 2.26. The Morgan fingerprint density at radius 1 is 1.27 bits per heavy atom. The van der Waals surface area contributed by atoms with Crippen molar-refractivity contribution >= 4 is 5.78 Å². The van der Waals surface area contributed by atoms with Gasteiger partial charge in [-0.3, -0.25) is 9.69 Å². The minimum atomic E-state index is -0.972. The van der Waals surface area contributed by atoms with Gasteiger partial charge in [-0.1, -0.05) is 13.8 Å². The van der Waals surface area contributed by atoms with E-state index in [1.807, 2.05) is 0 Å². The van der Waals surface area contributed by atoms with Gasteiger partial charge in [0, 0.05) is 31.8 Å². The van der Waals surface area contributed by atoms with Gasteiger partial charge in [0.25, 0.3) is 0 Å². The van der Waals surface area contributed by atoms with Crippen LogP contribution in [0.5, 0.6) is 0 Å². The number of ketones is 1. The zero-order chi connectivity index (χ0) is 11.2. The topological polar surface area (TPSA) is 20.3 Å². The van der Waals surface area contributed by atoms with Crippen LogP contribution < -0.4 is 0 Å². The second kappa shape index (κ2) is 3.51. The Morgan fingerprint density at radius 3 is 2.13 bits per heavy atom. The Morgan fingerprint density at radius 2 is 1.73 bits per heavy atom. The van der Waals surface area contributed by atoms with Crippen LogP contribution in [0.3, 0.4) is 0 Å². The minimum Gasteiger partial charge on any atom is -0.297 e. The molecule has 86 valence electrons. The van der Waals surface area contributed by atoms with Crippen molar-refractivity contribution in [1.29, 1.82) is 0 Å². The van der Waals surface area contributed by atoms with Crippen molar-refractivity contribution in [2.45, 2.75) is 44.6 Å². The lowest BCUT2D eigenvalue weighted by atomic mass is 9.83. The summed E-state index contributed by atoms with van der Waals surface area (Å²) in [5.74, 6) is -0.147. The summed E-state index contributed by atoms with van der Waals surface area (Å²) in [6.45, 7) is 4.04. The average Bonchev–Trinajstić information content (AvgIpc) is 2.55. The average molecular weight is 217 g/mol. The molecular weight excluding hydrogens is 200 g/mol. The number of nitrogens with zero attached hydrogens (tertiary/aromatic N) is 1. The molecule has 0 radical (unpaired) electrons. The molecule has 0 aromatic heterocycles. The van der Waals surface area contributed by atoms with E-state index in [1.165, 1.54) is 0 Å². The highest BCUT2D eigenvalue weighted by molar-refractivity contribution is 5.91. The third-order valence-corrected chi connectivity index (χ3v) is 3.54. The maximum atomic E-state index is 13.3. The van der Waals surface area contributed by atoms with Crippen molar-refractivity contribution in [2.24, 2.45) is 5.92 Å². The third kappa shape index (κ3) is 1.59. The van der Waals surface area contributed by atoms with Crippen LogP contribution in [-0.2, 0) is 4.79 Å². The summed E-state index contributed by atoms with van der Waals surface area (Å²) < 4.78 is 26.6. The van der Waals surface area contributed by atoms with E-state index in [4.69, 9.17) is 0 Å². The Kier molecular flexibility index (Phi) is 2.57. The van der Waals surface area contributed by atoms with Crippen LogP contribution in [0.2, 0.25) is 0 Å². The summed E-state index contributed by atoms with van der Waals surface area (Å²) in [6.07, 6.45) is -1.57. The van der Waals surface area contributed by atoms with Crippen LogP contribution in [0.1, 0.15) is 26.7 Å². The monoisotopic (exact) mass is 217 g/mol. The quantitative estimate of drug-likeness (QED) is 0.702. The number of carbonyl (C=O) groups is 1. The van der Waals surface area contributed by atoms with Gasteiger partial charge in [-0.2, -0.15) is 0 Å². The fourth-order valence-corrected chi connectivity index (χ4v) is 3.00. The highest BCUT2D eigenvalue weighted by Gasteiger charge is 2.56. The molecule has 0 N–H and O–H groups in total. The van der Waals surface area contributed by atoms with Crippen molar-refractivity contribution in [3.8, 4) is 0 Å². The molecule has 0 saturated carbocycles. The molecule has 2 atom stereocenters. The number of rotatable bonds is 2. The van der Waals surface area contributed by atoms with E-state index in [1.54, 1.807) is 18.7 Å². The summed E-state index contributed by atoms with van der Waals surface area (Å²) in [5, 5.41) is 0. The van der Waals surface area contributed by atoms with Crippen LogP contribution >= 0.6 is 0 Å². The van der Waals surface area contributed by atoms with E-state index >= 15 is 0 Å². The number of fused-ring (bicyclic) bond motifs is 1. The third-order valence-electron chi connectivity index (χ3n) is 3.54. The molecule has 0 aromatic rings. The van der Waals surface area contributed by atoms with Crippen molar-refractivity contribution in [1.82, 2.24) is 4.90 Å². The molecular formula is C11H17F2NO. The molecule has 0 spiro atoms. The predicted molar refractivity (Wildman–Crippen MR) is 53.2 cm³/mol. The minimum absolute atomic E-state index is 0.00259. The van der Waals surface area contributed by atoms with Crippen LogP contribution in [-0.4, -0.2) is 41.7 Å². The van der Waals surface area contributed by atoms with E-state index in [-0.39, 0.29) is 37.6 Å². The van der Waals surface area contributed by atoms with Crippen LogP contribution in [0.25, 0.3) is 0 Å². The van der Waals surface area contributed by atoms with E-state index in [0.29, 0.717) is 0 Å². The summed E-state index contributed by atoms with van der Waals surface area (Å²) in [7, 11) is 0. The van der Waals surface area contributed by atoms with Gasteiger partial charge in [0.2, 0.25) is 0 Å². The second-order valence-electron chi connectivity index (χ2n) is 5.06. The van der Waals surface area contributed by atoms with Crippen molar-refractivity contribution < 1.29 is 13.6 Å². The molecule has 2 fully saturated rings. The first-order chi connectivity index (χ1) is 6.95. The van der Waals surface area contributed by atoms with Gasteiger partial charge < -0.3 is 0 Å². The summed E-state index contributed by atoms with van der Waals surface area (Å²) >= 11 is 0. The standard InChI is InChI=1S/C11H17F2NO/c1-7(2)10(15)11-3-8(12)5-14(11)6-9(13)4-11/h7-9H,3-6H2,1-2H3. The van der Waals surface area contributed by atoms with Crippen LogP contribution in [0.4, 0.5) is 8.78 Å². The number of hydrogen-bond donors (Lipinski definition) is 0. The van der Waals surface area contributed by atoms with Gasteiger partial charge in [-0.15, -0.1) is 0 Å². The number of hydrogen-bond acceptors (Lipinski definition) is 2. The van der Waals surface area contributed by atoms with Crippen molar-refractivity contribution in [3.63, 3.8) is 0 Å². The zero-order valence-corrected chi connectivity index (χ0v) is 9.17. The lowest BCUT2D eigenvalue weighted by molar-refractivity contribution is -0.131. The van der Waals surface area contributed by atoms with Gasteiger partial charge >= 0.3 is 0 Å². The van der Waals surface area contributed by atoms with Crippen molar-refractivity contribution in [2.75, 3.05) is 13.1 Å². The number of halogens is 2. The molecule has 2 unspecified atom stereocenters. The first-order valence-corrected chi connectivity index (χ1v) is 5.53. The first-order valence-electron chi connectivity index (χ1n) is 5.53. The lowest BCUT2D eigenvalue weighted by Gasteiger charge is -2.31. The van der Waals surface area contributed by atoms with E-state index in [2.05, 4.69) is 0 Å². The first kappa shape index (κ1) is 11.0. The largest absolute Gasteiger partial charge is 0.297 e. The van der Waals surface area contributed by atoms with Gasteiger partial charge in [0.05, 0.1) is 5.54 Å². The fourth-order valence-electron chi connectivity index (χ4n) is 3.00. The smallest absolute Gasteiger partial charge is 0.155 e. The molecule has 15 heavy (non-hydrogen) atoms. The second-order valence-corrected chi connectivity index (χ2v) is 5.06.